The van der Waals surface area contributed by atoms with E-state index in [1.54, 1.807) is 21.6 Å². The minimum Gasteiger partial charge on any atom is -0.369 e. The van der Waals surface area contributed by atoms with E-state index in [0.717, 1.165) is 12.8 Å². The fraction of sp³-hybridized carbons (Fsp3) is 0.571. The molecule has 28 heavy (non-hydrogen) atoms. The van der Waals surface area contributed by atoms with Crippen LogP contribution in [0.15, 0.2) is 24.3 Å². The summed E-state index contributed by atoms with van der Waals surface area (Å²) in [7, 11) is 0. The first kappa shape index (κ1) is 20.7. The van der Waals surface area contributed by atoms with Crippen LogP contribution in [0.3, 0.4) is 0 Å². The molecule has 0 aliphatic carbocycles. The van der Waals surface area contributed by atoms with Gasteiger partial charge in [-0.2, -0.15) is 0 Å². The van der Waals surface area contributed by atoms with Crippen molar-refractivity contribution in [1.82, 2.24) is 9.80 Å². The van der Waals surface area contributed by atoms with E-state index in [2.05, 4.69) is 20.8 Å². The first-order valence-corrected chi connectivity index (χ1v) is 10.9. The number of likely N-dealkylation sites (tertiary alicyclic amines) is 1. The van der Waals surface area contributed by atoms with Crippen LogP contribution >= 0.6 is 11.8 Å². The summed E-state index contributed by atoms with van der Waals surface area (Å²) in [5.74, 6) is 0.250. The number of piperidine rings is 1. The highest BCUT2D eigenvalue weighted by atomic mass is 32.2. The number of rotatable bonds is 3. The van der Waals surface area contributed by atoms with Crippen LogP contribution < -0.4 is 5.73 Å². The summed E-state index contributed by atoms with van der Waals surface area (Å²) in [5, 5.41) is 0. The van der Waals surface area contributed by atoms with Gasteiger partial charge in [-0.1, -0.05) is 32.9 Å². The Balaban J connectivity index is 1.72. The van der Waals surface area contributed by atoms with Crippen LogP contribution in [-0.4, -0.2) is 58.3 Å². The van der Waals surface area contributed by atoms with Crippen LogP contribution in [0, 0.1) is 5.92 Å². The van der Waals surface area contributed by atoms with E-state index in [0.29, 0.717) is 30.3 Å². The monoisotopic (exact) mass is 403 g/mol. The van der Waals surface area contributed by atoms with Crippen molar-refractivity contribution < 1.29 is 14.4 Å². The Labute approximate surface area is 170 Å². The van der Waals surface area contributed by atoms with Gasteiger partial charge in [-0.05, 0) is 36.0 Å². The third-order valence-electron chi connectivity index (χ3n) is 5.56. The largest absolute Gasteiger partial charge is 0.369 e. The van der Waals surface area contributed by atoms with Crippen molar-refractivity contribution in [3.05, 3.63) is 35.4 Å². The Bertz CT molecular complexity index is 757. The molecule has 2 fully saturated rings. The second-order valence-corrected chi connectivity index (χ2v) is 9.64. The average Bonchev–Trinajstić information content (AvgIpc) is 3.16. The van der Waals surface area contributed by atoms with E-state index in [-0.39, 0.29) is 29.1 Å². The summed E-state index contributed by atoms with van der Waals surface area (Å²) in [4.78, 5) is 41.0. The van der Waals surface area contributed by atoms with E-state index in [4.69, 9.17) is 5.73 Å². The number of primary amides is 1. The first-order valence-electron chi connectivity index (χ1n) is 9.76. The highest BCUT2D eigenvalue weighted by Crippen LogP contribution is 2.28. The second kappa shape index (κ2) is 8.15. The molecular formula is C21H29N3O3S. The quantitative estimate of drug-likeness (QED) is 0.839. The van der Waals surface area contributed by atoms with Crippen molar-refractivity contribution in [2.45, 2.75) is 45.1 Å². The molecule has 0 bridgehead atoms. The fourth-order valence-corrected chi connectivity index (χ4v) is 4.89. The SMILES string of the molecule is CC(C)(C)c1ccc(C(=O)N2CSC[C@@H]2C(=O)N2CCC[C@H](C(N)=O)C2)cc1. The van der Waals surface area contributed by atoms with Crippen molar-refractivity contribution in [3.63, 3.8) is 0 Å². The maximum atomic E-state index is 13.1. The van der Waals surface area contributed by atoms with Crippen molar-refractivity contribution in [2.75, 3.05) is 24.7 Å². The number of hydrogen-bond donors (Lipinski definition) is 1. The van der Waals surface area contributed by atoms with Crippen LogP contribution in [0.4, 0.5) is 0 Å². The Morgan fingerprint density at radius 3 is 2.43 bits per heavy atom. The molecule has 2 heterocycles. The Morgan fingerprint density at radius 2 is 1.82 bits per heavy atom. The highest BCUT2D eigenvalue weighted by Gasteiger charge is 2.39. The van der Waals surface area contributed by atoms with Crippen LogP contribution in [0.5, 0.6) is 0 Å². The summed E-state index contributed by atoms with van der Waals surface area (Å²) in [6.07, 6.45) is 1.49. The van der Waals surface area contributed by atoms with E-state index < -0.39 is 6.04 Å². The smallest absolute Gasteiger partial charge is 0.255 e. The predicted molar refractivity (Wildman–Crippen MR) is 111 cm³/mol. The summed E-state index contributed by atoms with van der Waals surface area (Å²) in [6.45, 7) is 7.37. The molecule has 2 aliphatic heterocycles. The van der Waals surface area contributed by atoms with E-state index in [1.807, 2.05) is 24.3 Å². The summed E-state index contributed by atoms with van der Waals surface area (Å²) in [6, 6.07) is 7.17. The van der Waals surface area contributed by atoms with Gasteiger partial charge in [-0.3, -0.25) is 14.4 Å². The summed E-state index contributed by atoms with van der Waals surface area (Å²) < 4.78 is 0. The van der Waals surface area contributed by atoms with Crippen LogP contribution in [0.25, 0.3) is 0 Å². The minimum atomic E-state index is -0.480. The summed E-state index contributed by atoms with van der Waals surface area (Å²) >= 11 is 1.59. The van der Waals surface area contributed by atoms with Gasteiger partial charge in [-0.25, -0.2) is 0 Å². The van der Waals surface area contributed by atoms with Crippen LogP contribution in [0.2, 0.25) is 0 Å². The molecular weight excluding hydrogens is 374 g/mol. The molecule has 2 atom stereocenters. The summed E-state index contributed by atoms with van der Waals surface area (Å²) in [5.41, 5.74) is 7.22. The maximum Gasteiger partial charge on any atom is 0.255 e. The molecule has 0 spiro atoms. The molecule has 0 radical (unpaired) electrons. The van der Waals surface area contributed by atoms with Crippen molar-refractivity contribution >= 4 is 29.5 Å². The first-order chi connectivity index (χ1) is 13.2. The zero-order valence-electron chi connectivity index (χ0n) is 16.8. The van der Waals surface area contributed by atoms with E-state index in [9.17, 15) is 14.4 Å². The molecule has 2 aliphatic rings. The van der Waals surface area contributed by atoms with Gasteiger partial charge in [0.2, 0.25) is 11.8 Å². The molecule has 152 valence electrons. The van der Waals surface area contributed by atoms with E-state index in [1.165, 1.54) is 5.56 Å². The lowest BCUT2D eigenvalue weighted by Crippen LogP contribution is -2.52. The number of carbonyl (C=O) groups is 3. The molecule has 2 saturated heterocycles. The number of hydrogen-bond acceptors (Lipinski definition) is 4. The van der Waals surface area contributed by atoms with Gasteiger partial charge in [0.05, 0.1) is 11.8 Å². The standard InChI is InChI=1S/C21H29N3O3S/c1-21(2,3)16-8-6-14(7-9-16)19(26)24-13-28-12-17(24)20(27)23-10-4-5-15(11-23)18(22)25/h6-9,15,17H,4-5,10-13H2,1-3H3,(H2,22,25)/t15-,17+/m0/s1. The molecule has 0 saturated carbocycles. The number of carbonyl (C=O) groups excluding carboxylic acids is 3. The topological polar surface area (TPSA) is 83.7 Å². The molecule has 1 aromatic rings. The highest BCUT2D eigenvalue weighted by molar-refractivity contribution is 7.99. The van der Waals surface area contributed by atoms with Gasteiger partial charge < -0.3 is 15.5 Å². The van der Waals surface area contributed by atoms with Gasteiger partial charge in [0.1, 0.15) is 6.04 Å². The van der Waals surface area contributed by atoms with Crippen molar-refractivity contribution in [1.29, 1.82) is 0 Å². The lowest BCUT2D eigenvalue weighted by Gasteiger charge is -2.35. The van der Waals surface area contributed by atoms with Crippen LogP contribution in [0.1, 0.15) is 49.5 Å². The molecule has 0 unspecified atom stereocenters. The predicted octanol–water partition coefficient (Wildman–Crippen LogP) is 2.22. The Kier molecular flexibility index (Phi) is 6.03. The third-order valence-corrected chi connectivity index (χ3v) is 6.57. The number of benzene rings is 1. The Hall–Kier alpha value is -2.02. The van der Waals surface area contributed by atoms with Gasteiger partial charge in [-0.15, -0.1) is 11.8 Å². The zero-order valence-corrected chi connectivity index (χ0v) is 17.6. The average molecular weight is 404 g/mol. The third kappa shape index (κ3) is 4.35. The van der Waals surface area contributed by atoms with Crippen LogP contribution in [-0.2, 0) is 15.0 Å². The maximum absolute atomic E-state index is 13.1. The number of amides is 3. The van der Waals surface area contributed by atoms with Gasteiger partial charge >= 0.3 is 0 Å². The van der Waals surface area contributed by atoms with Crippen molar-refractivity contribution in [3.8, 4) is 0 Å². The lowest BCUT2D eigenvalue weighted by molar-refractivity contribution is -0.138. The Morgan fingerprint density at radius 1 is 1.14 bits per heavy atom. The van der Waals surface area contributed by atoms with Gasteiger partial charge in [0, 0.05) is 24.4 Å². The molecule has 3 rings (SSSR count). The fourth-order valence-electron chi connectivity index (χ4n) is 3.75. The lowest BCUT2D eigenvalue weighted by atomic mass is 9.86. The van der Waals surface area contributed by atoms with Gasteiger partial charge in [0.25, 0.3) is 5.91 Å². The van der Waals surface area contributed by atoms with E-state index >= 15 is 0 Å². The molecule has 7 heteroatoms. The molecule has 6 nitrogen and oxygen atoms in total. The second-order valence-electron chi connectivity index (χ2n) is 8.64. The molecule has 0 aromatic heterocycles. The van der Waals surface area contributed by atoms with Crippen molar-refractivity contribution in [2.24, 2.45) is 11.7 Å². The zero-order chi connectivity index (χ0) is 20.5. The normalized spacial score (nSPS) is 23.0. The number of nitrogens with zero attached hydrogens (tertiary/aromatic N) is 2. The molecule has 3 amide bonds. The minimum absolute atomic E-state index is 0.0226. The molecule has 2 N–H and O–H groups in total. The molecule has 1 aromatic carbocycles. The number of thioether (sulfide) groups is 1. The number of nitrogens with two attached hydrogens (primary N) is 1. The van der Waals surface area contributed by atoms with Gasteiger partial charge in [0.15, 0.2) is 0 Å².